The van der Waals surface area contributed by atoms with Crippen molar-refractivity contribution in [3.8, 4) is 11.6 Å². The van der Waals surface area contributed by atoms with Crippen LogP contribution < -0.4 is 10.1 Å². The van der Waals surface area contributed by atoms with E-state index < -0.39 is 0 Å². The number of aromatic nitrogens is 1. The number of ether oxygens (including phenoxy) is 1. The molecule has 3 nitrogen and oxygen atoms in total. The molecule has 1 N–H and O–H groups in total. The molecule has 4 heteroatoms. The number of halogens is 1. The first kappa shape index (κ1) is 13.6. The van der Waals surface area contributed by atoms with E-state index in [4.69, 9.17) is 4.74 Å². The fraction of sp³-hybridized carbons (Fsp3) is 0.312. The average molecular weight is 333 g/mol. The Kier molecular flexibility index (Phi) is 4.03. The summed E-state index contributed by atoms with van der Waals surface area (Å²) in [6.07, 6.45) is 4.48. The van der Waals surface area contributed by atoms with Gasteiger partial charge < -0.3 is 10.1 Å². The first-order valence-corrected chi connectivity index (χ1v) is 7.62. The number of hydrogen-bond acceptors (Lipinski definition) is 3. The molecule has 1 heterocycles. The molecular weight excluding hydrogens is 316 g/mol. The molecule has 20 heavy (non-hydrogen) atoms. The molecule has 0 aliphatic heterocycles. The molecule has 0 saturated heterocycles. The summed E-state index contributed by atoms with van der Waals surface area (Å²) in [4.78, 5) is 4.35. The highest BCUT2D eigenvalue weighted by Crippen LogP contribution is 2.25. The second-order valence-electron chi connectivity index (χ2n) is 5.17. The second kappa shape index (κ2) is 5.94. The van der Waals surface area contributed by atoms with Crippen LogP contribution in [0.25, 0.3) is 0 Å². The van der Waals surface area contributed by atoms with E-state index in [0.717, 1.165) is 28.4 Å². The van der Waals surface area contributed by atoms with Crippen LogP contribution in [0.1, 0.15) is 24.0 Å². The Hall–Kier alpha value is -1.39. The Balaban J connectivity index is 1.62. The second-order valence-corrected chi connectivity index (χ2v) is 6.03. The monoisotopic (exact) mass is 332 g/mol. The molecule has 1 saturated carbocycles. The lowest BCUT2D eigenvalue weighted by Gasteiger charge is -2.07. The van der Waals surface area contributed by atoms with Crippen LogP contribution in [0.4, 0.5) is 0 Å². The topological polar surface area (TPSA) is 34.1 Å². The molecular formula is C16H17BrN2O. The Labute approximate surface area is 127 Å². The molecule has 0 spiro atoms. The van der Waals surface area contributed by atoms with Crippen molar-refractivity contribution in [1.29, 1.82) is 0 Å². The highest BCUT2D eigenvalue weighted by atomic mass is 79.9. The van der Waals surface area contributed by atoms with Crippen molar-refractivity contribution in [3.63, 3.8) is 0 Å². The summed E-state index contributed by atoms with van der Waals surface area (Å²) in [5, 5.41) is 3.47. The lowest BCUT2D eigenvalue weighted by Crippen LogP contribution is -2.15. The number of hydrogen-bond donors (Lipinski definition) is 1. The van der Waals surface area contributed by atoms with Crippen molar-refractivity contribution in [2.24, 2.45) is 0 Å². The van der Waals surface area contributed by atoms with E-state index in [2.05, 4.69) is 32.3 Å². The third-order valence-corrected chi connectivity index (χ3v) is 4.21. The smallest absolute Gasteiger partial charge is 0.219 e. The van der Waals surface area contributed by atoms with E-state index >= 15 is 0 Å². The number of nitrogens with zero attached hydrogens (tertiary/aromatic N) is 1. The molecule has 1 fully saturated rings. The summed E-state index contributed by atoms with van der Waals surface area (Å²) in [5.74, 6) is 1.43. The molecule has 1 aliphatic rings. The normalized spacial score (nSPS) is 14.3. The van der Waals surface area contributed by atoms with Crippen molar-refractivity contribution < 1.29 is 4.74 Å². The summed E-state index contributed by atoms with van der Waals surface area (Å²) in [6, 6.07) is 10.6. The maximum Gasteiger partial charge on any atom is 0.219 e. The van der Waals surface area contributed by atoms with Crippen LogP contribution in [0, 0.1) is 6.92 Å². The fourth-order valence-electron chi connectivity index (χ4n) is 1.93. The SMILES string of the molecule is Cc1cc(Oc2ccc(CNC3CC3)cn2)ccc1Br. The van der Waals surface area contributed by atoms with Crippen molar-refractivity contribution >= 4 is 15.9 Å². The first-order chi connectivity index (χ1) is 9.70. The molecule has 3 rings (SSSR count). The van der Waals surface area contributed by atoms with Crippen LogP contribution in [0.5, 0.6) is 11.6 Å². The highest BCUT2D eigenvalue weighted by Gasteiger charge is 2.19. The van der Waals surface area contributed by atoms with E-state index in [0.29, 0.717) is 5.88 Å². The molecule has 1 aromatic heterocycles. The Morgan fingerprint density at radius 1 is 1.30 bits per heavy atom. The molecule has 1 aromatic carbocycles. The highest BCUT2D eigenvalue weighted by molar-refractivity contribution is 9.10. The van der Waals surface area contributed by atoms with Gasteiger partial charge in [0.25, 0.3) is 0 Å². The van der Waals surface area contributed by atoms with Crippen LogP contribution in [-0.2, 0) is 6.54 Å². The van der Waals surface area contributed by atoms with Crippen molar-refractivity contribution in [2.45, 2.75) is 32.4 Å². The number of nitrogens with one attached hydrogen (secondary N) is 1. The van der Waals surface area contributed by atoms with Gasteiger partial charge in [-0.1, -0.05) is 22.0 Å². The van der Waals surface area contributed by atoms with Crippen molar-refractivity contribution in [3.05, 3.63) is 52.1 Å². The van der Waals surface area contributed by atoms with Gasteiger partial charge in [0.05, 0.1) is 0 Å². The predicted molar refractivity (Wildman–Crippen MR) is 83.1 cm³/mol. The van der Waals surface area contributed by atoms with Crippen LogP contribution in [0.2, 0.25) is 0 Å². The third kappa shape index (κ3) is 3.58. The van der Waals surface area contributed by atoms with Gasteiger partial charge in [-0.05, 0) is 49.1 Å². The minimum absolute atomic E-state index is 0.627. The minimum atomic E-state index is 0.627. The van der Waals surface area contributed by atoms with Gasteiger partial charge in [-0.3, -0.25) is 0 Å². The molecule has 1 aliphatic carbocycles. The average Bonchev–Trinajstić information content (AvgIpc) is 3.26. The third-order valence-electron chi connectivity index (χ3n) is 3.32. The van der Waals surface area contributed by atoms with Crippen LogP contribution in [-0.4, -0.2) is 11.0 Å². The minimum Gasteiger partial charge on any atom is -0.439 e. The summed E-state index contributed by atoms with van der Waals surface area (Å²) in [7, 11) is 0. The van der Waals surface area contributed by atoms with Crippen LogP contribution in [0.15, 0.2) is 41.0 Å². The number of rotatable bonds is 5. The van der Waals surface area contributed by atoms with Gasteiger partial charge in [0, 0.05) is 29.3 Å². The Bertz CT molecular complexity index is 594. The molecule has 2 aromatic rings. The molecule has 0 unspecified atom stereocenters. The van der Waals surface area contributed by atoms with E-state index in [1.165, 1.54) is 18.4 Å². The van der Waals surface area contributed by atoms with Gasteiger partial charge in [0.2, 0.25) is 5.88 Å². The molecule has 0 bridgehead atoms. The van der Waals surface area contributed by atoms with Gasteiger partial charge in [-0.2, -0.15) is 0 Å². The molecule has 104 valence electrons. The maximum absolute atomic E-state index is 5.75. The predicted octanol–water partition coefficient (Wildman–Crippen LogP) is 4.20. The van der Waals surface area contributed by atoms with Crippen molar-refractivity contribution in [2.75, 3.05) is 0 Å². The Morgan fingerprint density at radius 2 is 2.15 bits per heavy atom. The van der Waals surface area contributed by atoms with Gasteiger partial charge in [0.1, 0.15) is 5.75 Å². The van der Waals surface area contributed by atoms with Crippen LogP contribution in [0.3, 0.4) is 0 Å². The standard InChI is InChI=1S/C16H17BrN2O/c1-11-8-14(5-6-15(11)17)20-16-7-2-12(10-19-16)9-18-13-3-4-13/h2,5-8,10,13,18H,3-4,9H2,1H3. The summed E-state index contributed by atoms with van der Waals surface area (Å²) in [5.41, 5.74) is 2.34. The molecule has 0 atom stereocenters. The van der Waals surface area contributed by atoms with E-state index in [1.54, 1.807) is 0 Å². The van der Waals surface area contributed by atoms with E-state index in [9.17, 15) is 0 Å². The van der Waals surface area contributed by atoms with Gasteiger partial charge in [-0.15, -0.1) is 0 Å². The van der Waals surface area contributed by atoms with E-state index in [1.807, 2.05) is 37.4 Å². The number of benzene rings is 1. The van der Waals surface area contributed by atoms with Gasteiger partial charge >= 0.3 is 0 Å². The lowest BCUT2D eigenvalue weighted by molar-refractivity contribution is 0.462. The van der Waals surface area contributed by atoms with Crippen LogP contribution >= 0.6 is 15.9 Å². The lowest BCUT2D eigenvalue weighted by atomic mass is 10.2. The summed E-state index contributed by atoms with van der Waals surface area (Å²) in [6.45, 7) is 2.92. The van der Waals surface area contributed by atoms with Gasteiger partial charge in [-0.25, -0.2) is 4.98 Å². The van der Waals surface area contributed by atoms with Gasteiger partial charge in [0.15, 0.2) is 0 Å². The fourth-order valence-corrected chi connectivity index (χ4v) is 2.17. The molecule has 0 amide bonds. The van der Waals surface area contributed by atoms with E-state index in [-0.39, 0.29) is 0 Å². The molecule has 0 radical (unpaired) electrons. The first-order valence-electron chi connectivity index (χ1n) is 6.83. The zero-order valence-electron chi connectivity index (χ0n) is 11.4. The zero-order valence-corrected chi connectivity index (χ0v) is 13.0. The summed E-state index contributed by atoms with van der Waals surface area (Å²) < 4.78 is 6.84. The maximum atomic E-state index is 5.75. The van der Waals surface area contributed by atoms with Crippen molar-refractivity contribution in [1.82, 2.24) is 10.3 Å². The quantitative estimate of drug-likeness (QED) is 0.891. The summed E-state index contributed by atoms with van der Waals surface area (Å²) >= 11 is 3.48. The Morgan fingerprint density at radius 3 is 2.80 bits per heavy atom. The zero-order chi connectivity index (χ0) is 13.9. The number of pyridine rings is 1. The number of aryl methyl sites for hydroxylation is 1. The largest absolute Gasteiger partial charge is 0.439 e.